The zero-order valence-electron chi connectivity index (χ0n) is 10.8. The molecule has 104 valence electrons. The maximum atomic E-state index is 12.2. The van der Waals surface area contributed by atoms with E-state index in [1.165, 1.54) is 0 Å². The van der Waals surface area contributed by atoms with E-state index in [1.54, 1.807) is 10.9 Å². The topological polar surface area (TPSA) is 29.9 Å². The van der Waals surface area contributed by atoms with Crippen LogP contribution in [0.4, 0.5) is 13.2 Å². The van der Waals surface area contributed by atoms with Gasteiger partial charge in [-0.3, -0.25) is 4.68 Å². The highest BCUT2D eigenvalue weighted by molar-refractivity contribution is 5.10. The molecule has 0 saturated carbocycles. The third-order valence-electron chi connectivity index (χ3n) is 2.68. The molecule has 0 aromatic carbocycles. The molecule has 0 aliphatic rings. The first kappa shape index (κ1) is 15.0. The van der Waals surface area contributed by atoms with E-state index in [1.807, 2.05) is 20.0 Å². The van der Waals surface area contributed by atoms with Crippen LogP contribution in [-0.4, -0.2) is 22.5 Å². The van der Waals surface area contributed by atoms with Crippen molar-refractivity contribution in [2.24, 2.45) is 0 Å². The van der Waals surface area contributed by atoms with Crippen molar-refractivity contribution in [2.75, 3.05) is 6.54 Å². The Labute approximate surface area is 105 Å². The van der Waals surface area contributed by atoms with E-state index in [2.05, 4.69) is 10.4 Å². The van der Waals surface area contributed by atoms with E-state index in [0.717, 1.165) is 18.5 Å². The van der Waals surface area contributed by atoms with Crippen molar-refractivity contribution in [3.8, 4) is 0 Å². The first-order valence-corrected chi connectivity index (χ1v) is 6.28. The second-order valence-corrected chi connectivity index (χ2v) is 4.30. The molecule has 0 aliphatic heterocycles. The smallest absolute Gasteiger partial charge is 0.310 e. The summed E-state index contributed by atoms with van der Waals surface area (Å²) in [5, 5.41) is 7.22. The highest BCUT2D eigenvalue weighted by Crippen LogP contribution is 2.27. The predicted octanol–water partition coefficient (Wildman–Crippen LogP) is 3.29. The van der Waals surface area contributed by atoms with E-state index in [9.17, 15) is 13.2 Å². The Hall–Kier alpha value is -1.04. The molecule has 1 N–H and O–H groups in total. The standard InChI is InChI=1S/C12H20F3N3/c1-3-7-18-9-10(8-17-18)11(16-4-2)5-6-12(13,14)15/h8-9,11,16H,3-7H2,1-2H3. The fourth-order valence-corrected chi connectivity index (χ4v) is 1.85. The lowest BCUT2D eigenvalue weighted by Gasteiger charge is -2.17. The van der Waals surface area contributed by atoms with Crippen LogP contribution >= 0.6 is 0 Å². The monoisotopic (exact) mass is 263 g/mol. The Kier molecular flexibility index (Phi) is 5.65. The fourth-order valence-electron chi connectivity index (χ4n) is 1.85. The summed E-state index contributed by atoms with van der Waals surface area (Å²) in [5.41, 5.74) is 0.828. The number of aromatic nitrogens is 2. The van der Waals surface area contributed by atoms with Crippen LogP contribution in [0.2, 0.25) is 0 Å². The second-order valence-electron chi connectivity index (χ2n) is 4.30. The molecule has 1 atom stereocenters. The summed E-state index contributed by atoms with van der Waals surface area (Å²) in [6, 6.07) is -0.276. The van der Waals surface area contributed by atoms with Crippen molar-refractivity contribution >= 4 is 0 Å². The molecule has 0 radical (unpaired) electrons. The van der Waals surface area contributed by atoms with Gasteiger partial charge in [0, 0.05) is 30.8 Å². The minimum Gasteiger partial charge on any atom is -0.310 e. The van der Waals surface area contributed by atoms with Crippen molar-refractivity contribution in [1.82, 2.24) is 15.1 Å². The van der Waals surface area contributed by atoms with Crippen LogP contribution in [0.3, 0.4) is 0 Å². The van der Waals surface area contributed by atoms with Gasteiger partial charge in [0.2, 0.25) is 0 Å². The minimum absolute atomic E-state index is 0.0508. The Morgan fingerprint density at radius 2 is 2.11 bits per heavy atom. The summed E-state index contributed by atoms with van der Waals surface area (Å²) in [4.78, 5) is 0. The van der Waals surface area contributed by atoms with E-state index in [4.69, 9.17) is 0 Å². The van der Waals surface area contributed by atoms with Crippen molar-refractivity contribution in [3.05, 3.63) is 18.0 Å². The van der Waals surface area contributed by atoms with Crippen LogP contribution < -0.4 is 5.32 Å². The van der Waals surface area contributed by atoms with Crippen LogP contribution in [0.25, 0.3) is 0 Å². The molecule has 0 amide bonds. The molecule has 0 bridgehead atoms. The second kappa shape index (κ2) is 6.78. The van der Waals surface area contributed by atoms with Gasteiger partial charge in [-0.2, -0.15) is 18.3 Å². The molecule has 6 heteroatoms. The largest absolute Gasteiger partial charge is 0.389 e. The van der Waals surface area contributed by atoms with Crippen molar-refractivity contribution in [2.45, 2.75) is 51.9 Å². The maximum absolute atomic E-state index is 12.2. The van der Waals surface area contributed by atoms with Gasteiger partial charge >= 0.3 is 6.18 Å². The molecule has 1 aromatic heterocycles. The molecule has 1 heterocycles. The van der Waals surface area contributed by atoms with Gasteiger partial charge in [0.25, 0.3) is 0 Å². The average molecular weight is 263 g/mol. The zero-order chi connectivity index (χ0) is 13.6. The molecule has 18 heavy (non-hydrogen) atoms. The van der Waals surface area contributed by atoms with Gasteiger partial charge in [-0.25, -0.2) is 0 Å². The summed E-state index contributed by atoms with van der Waals surface area (Å²) in [5.74, 6) is 0. The van der Waals surface area contributed by atoms with Crippen LogP contribution in [-0.2, 0) is 6.54 Å². The quantitative estimate of drug-likeness (QED) is 0.818. The third kappa shape index (κ3) is 5.08. The predicted molar refractivity (Wildman–Crippen MR) is 64.2 cm³/mol. The summed E-state index contributed by atoms with van der Waals surface area (Å²) >= 11 is 0. The molecule has 0 aliphatic carbocycles. The maximum Gasteiger partial charge on any atom is 0.389 e. The van der Waals surface area contributed by atoms with Gasteiger partial charge in [0.05, 0.1) is 6.20 Å². The van der Waals surface area contributed by atoms with Crippen LogP contribution in [0, 0.1) is 0 Å². The first-order chi connectivity index (χ1) is 8.46. The number of halogens is 3. The highest BCUT2D eigenvalue weighted by atomic mass is 19.4. The van der Waals surface area contributed by atoms with Gasteiger partial charge in [0.1, 0.15) is 0 Å². The molecular formula is C12H20F3N3. The Balaban J connectivity index is 2.64. The van der Waals surface area contributed by atoms with Crippen molar-refractivity contribution < 1.29 is 13.2 Å². The van der Waals surface area contributed by atoms with Crippen molar-refractivity contribution in [3.63, 3.8) is 0 Å². The number of aryl methyl sites for hydroxylation is 1. The Morgan fingerprint density at radius 3 is 2.67 bits per heavy atom. The number of alkyl halides is 3. The van der Waals surface area contributed by atoms with E-state index in [-0.39, 0.29) is 12.5 Å². The fraction of sp³-hybridized carbons (Fsp3) is 0.750. The normalized spacial score (nSPS) is 13.8. The lowest BCUT2D eigenvalue weighted by molar-refractivity contribution is -0.136. The summed E-state index contributed by atoms with van der Waals surface area (Å²) in [6.07, 6.45) is -0.395. The molecular weight excluding hydrogens is 243 g/mol. The molecule has 0 spiro atoms. The minimum atomic E-state index is -4.10. The van der Waals surface area contributed by atoms with Gasteiger partial charge in [-0.05, 0) is 19.4 Å². The molecule has 1 rings (SSSR count). The Morgan fingerprint density at radius 1 is 1.39 bits per heavy atom. The lowest BCUT2D eigenvalue weighted by Crippen LogP contribution is -2.22. The Bertz CT molecular complexity index is 347. The zero-order valence-corrected chi connectivity index (χ0v) is 10.8. The summed E-state index contributed by atoms with van der Waals surface area (Å²) in [6.45, 7) is 5.35. The summed E-state index contributed by atoms with van der Waals surface area (Å²) in [7, 11) is 0. The number of rotatable bonds is 7. The average Bonchev–Trinajstić information content (AvgIpc) is 2.72. The van der Waals surface area contributed by atoms with Gasteiger partial charge < -0.3 is 5.32 Å². The number of hydrogen-bond acceptors (Lipinski definition) is 2. The van der Waals surface area contributed by atoms with Crippen LogP contribution in [0.5, 0.6) is 0 Å². The van der Waals surface area contributed by atoms with Crippen molar-refractivity contribution in [1.29, 1.82) is 0 Å². The van der Waals surface area contributed by atoms with E-state index < -0.39 is 12.6 Å². The molecule has 1 unspecified atom stereocenters. The van der Waals surface area contributed by atoms with Crippen LogP contribution in [0.1, 0.15) is 44.7 Å². The third-order valence-corrected chi connectivity index (χ3v) is 2.68. The lowest BCUT2D eigenvalue weighted by atomic mass is 10.1. The molecule has 3 nitrogen and oxygen atoms in total. The summed E-state index contributed by atoms with van der Waals surface area (Å²) < 4.78 is 38.5. The highest BCUT2D eigenvalue weighted by Gasteiger charge is 2.28. The van der Waals surface area contributed by atoms with Crippen LogP contribution in [0.15, 0.2) is 12.4 Å². The number of hydrogen-bond donors (Lipinski definition) is 1. The molecule has 0 fully saturated rings. The first-order valence-electron chi connectivity index (χ1n) is 6.28. The number of nitrogens with one attached hydrogen (secondary N) is 1. The van der Waals surface area contributed by atoms with Gasteiger partial charge in [0.15, 0.2) is 0 Å². The van der Waals surface area contributed by atoms with Gasteiger partial charge in [-0.1, -0.05) is 13.8 Å². The number of nitrogens with zero attached hydrogens (tertiary/aromatic N) is 2. The van der Waals surface area contributed by atoms with Gasteiger partial charge in [-0.15, -0.1) is 0 Å². The van der Waals surface area contributed by atoms with E-state index >= 15 is 0 Å². The molecule has 0 saturated heterocycles. The molecule has 1 aromatic rings. The SMILES string of the molecule is CCCn1cc(C(CCC(F)(F)F)NCC)cn1. The van der Waals surface area contributed by atoms with E-state index in [0.29, 0.717) is 6.54 Å².